The minimum atomic E-state index is -0.452. The van der Waals surface area contributed by atoms with E-state index >= 15 is 0 Å². The average Bonchev–Trinajstić information content (AvgIpc) is 2.64. The smallest absolute Gasteiger partial charge is 0.276 e. The molecule has 0 aliphatic rings. The van der Waals surface area contributed by atoms with Crippen molar-refractivity contribution in [3.8, 4) is 11.5 Å². The summed E-state index contributed by atoms with van der Waals surface area (Å²) in [6, 6.07) is 10.7. The van der Waals surface area contributed by atoms with E-state index in [1.165, 1.54) is 0 Å². The Morgan fingerprint density at radius 1 is 1.04 bits per heavy atom. The zero-order chi connectivity index (χ0) is 20.7. The lowest BCUT2D eigenvalue weighted by Gasteiger charge is -2.13. The van der Waals surface area contributed by atoms with Gasteiger partial charge >= 0.3 is 0 Å². The topological polar surface area (TPSA) is 76.7 Å². The monoisotopic (exact) mass is 448 g/mol. The summed E-state index contributed by atoms with van der Waals surface area (Å²) in [5.74, 6) is 0.848. The van der Waals surface area contributed by atoms with Crippen molar-refractivity contribution in [2.45, 2.75) is 27.7 Å². The van der Waals surface area contributed by atoms with E-state index in [0.29, 0.717) is 34.1 Å². The summed E-state index contributed by atoms with van der Waals surface area (Å²) >= 11 is 3.40. The highest BCUT2D eigenvalue weighted by Gasteiger charge is 2.12. The van der Waals surface area contributed by atoms with Gasteiger partial charge in [-0.3, -0.25) is 20.4 Å². The number of carbonyl (C=O) groups is 2. The summed E-state index contributed by atoms with van der Waals surface area (Å²) in [5, 5.41) is 0. The highest BCUT2D eigenvalue weighted by Crippen LogP contribution is 2.26. The van der Waals surface area contributed by atoms with Gasteiger partial charge in [0.15, 0.2) is 6.61 Å². The largest absolute Gasteiger partial charge is 0.492 e. The highest BCUT2D eigenvalue weighted by atomic mass is 79.9. The minimum Gasteiger partial charge on any atom is -0.492 e. The number of ether oxygens (including phenoxy) is 2. The Kier molecular flexibility index (Phi) is 7.87. The van der Waals surface area contributed by atoms with Gasteiger partial charge in [0.25, 0.3) is 11.8 Å². The molecule has 0 saturated heterocycles. The first-order chi connectivity index (χ1) is 13.3. The van der Waals surface area contributed by atoms with Crippen LogP contribution in [0.15, 0.2) is 40.9 Å². The quantitative estimate of drug-likeness (QED) is 0.628. The highest BCUT2D eigenvalue weighted by molar-refractivity contribution is 9.10. The molecule has 2 N–H and O–H groups in total. The number of para-hydroxylation sites is 1. The molecule has 0 radical (unpaired) electrons. The Labute approximate surface area is 173 Å². The molecule has 0 aliphatic carbocycles. The van der Waals surface area contributed by atoms with Crippen LogP contribution in [0.4, 0.5) is 0 Å². The van der Waals surface area contributed by atoms with Crippen molar-refractivity contribution in [2.24, 2.45) is 5.92 Å². The number of aryl methyl sites for hydroxylation is 2. The number of hydrogen-bond donors (Lipinski definition) is 2. The Morgan fingerprint density at radius 2 is 1.71 bits per heavy atom. The van der Waals surface area contributed by atoms with Gasteiger partial charge in [0.2, 0.25) is 0 Å². The van der Waals surface area contributed by atoms with Crippen LogP contribution in [0.2, 0.25) is 0 Å². The standard InChI is InChI=1S/C21H25BrN2O4/c1-13(2)11-27-18-9-8-16(10-17(18)22)21(26)24-23-19(25)12-28-20-14(3)6-5-7-15(20)4/h5-10,13H,11-12H2,1-4H3,(H,23,25)(H,24,26). The van der Waals surface area contributed by atoms with Gasteiger partial charge in [-0.15, -0.1) is 0 Å². The van der Waals surface area contributed by atoms with Crippen LogP contribution < -0.4 is 20.3 Å². The van der Waals surface area contributed by atoms with Gasteiger partial charge in [0.05, 0.1) is 11.1 Å². The summed E-state index contributed by atoms with van der Waals surface area (Å²) in [6.07, 6.45) is 0. The van der Waals surface area contributed by atoms with Crippen molar-refractivity contribution in [3.63, 3.8) is 0 Å². The van der Waals surface area contributed by atoms with Gasteiger partial charge < -0.3 is 9.47 Å². The van der Waals surface area contributed by atoms with Crippen LogP contribution in [0.25, 0.3) is 0 Å². The van der Waals surface area contributed by atoms with E-state index in [2.05, 4.69) is 40.6 Å². The van der Waals surface area contributed by atoms with Crippen molar-refractivity contribution in [2.75, 3.05) is 13.2 Å². The molecular weight excluding hydrogens is 424 g/mol. The molecule has 2 aromatic carbocycles. The summed E-state index contributed by atoms with van der Waals surface area (Å²) in [6.45, 7) is 8.33. The SMILES string of the molecule is Cc1cccc(C)c1OCC(=O)NNC(=O)c1ccc(OCC(C)C)c(Br)c1. The average molecular weight is 449 g/mol. The summed E-state index contributed by atoms with van der Waals surface area (Å²) in [4.78, 5) is 24.2. The molecule has 150 valence electrons. The first-order valence-corrected chi connectivity index (χ1v) is 9.77. The zero-order valence-electron chi connectivity index (χ0n) is 16.5. The Hall–Kier alpha value is -2.54. The molecule has 0 aliphatic heterocycles. The van der Waals surface area contributed by atoms with Gasteiger partial charge in [-0.1, -0.05) is 32.0 Å². The van der Waals surface area contributed by atoms with Crippen molar-refractivity contribution in [3.05, 3.63) is 57.6 Å². The molecule has 2 amide bonds. The van der Waals surface area contributed by atoms with Crippen molar-refractivity contribution in [1.82, 2.24) is 10.9 Å². The molecule has 0 bridgehead atoms. The lowest BCUT2D eigenvalue weighted by Crippen LogP contribution is -2.43. The third kappa shape index (κ3) is 6.27. The molecule has 0 atom stereocenters. The molecule has 0 aromatic heterocycles. The lowest BCUT2D eigenvalue weighted by molar-refractivity contribution is -0.123. The maximum atomic E-state index is 12.2. The van der Waals surface area contributed by atoms with Crippen molar-refractivity contribution in [1.29, 1.82) is 0 Å². The second kappa shape index (κ2) is 10.1. The number of benzene rings is 2. The van der Waals surface area contributed by atoms with Gasteiger partial charge in [-0.25, -0.2) is 0 Å². The predicted molar refractivity (Wildman–Crippen MR) is 111 cm³/mol. The van der Waals surface area contributed by atoms with E-state index in [9.17, 15) is 9.59 Å². The van der Waals surface area contributed by atoms with E-state index in [1.807, 2.05) is 32.0 Å². The van der Waals surface area contributed by atoms with E-state index in [1.54, 1.807) is 18.2 Å². The van der Waals surface area contributed by atoms with Gasteiger partial charge in [0.1, 0.15) is 11.5 Å². The van der Waals surface area contributed by atoms with Crippen LogP contribution in [-0.2, 0) is 4.79 Å². The number of amides is 2. The molecule has 2 aromatic rings. The molecular formula is C21H25BrN2O4. The fraction of sp³-hybridized carbons (Fsp3) is 0.333. The normalized spacial score (nSPS) is 10.5. The van der Waals surface area contributed by atoms with Crippen LogP contribution in [0.3, 0.4) is 0 Å². The minimum absolute atomic E-state index is 0.197. The first kappa shape index (κ1) is 21.8. The van der Waals surface area contributed by atoms with Crippen LogP contribution in [0.1, 0.15) is 35.3 Å². The predicted octanol–water partition coefficient (Wildman–Crippen LogP) is 3.94. The number of rotatable bonds is 7. The third-order valence-electron chi connectivity index (χ3n) is 3.84. The summed E-state index contributed by atoms with van der Waals surface area (Å²) in [7, 11) is 0. The van der Waals surface area contributed by atoms with E-state index < -0.39 is 11.8 Å². The van der Waals surface area contributed by atoms with E-state index in [0.717, 1.165) is 11.1 Å². The van der Waals surface area contributed by atoms with Crippen molar-refractivity contribution >= 4 is 27.7 Å². The summed E-state index contributed by atoms with van der Waals surface area (Å²) in [5.41, 5.74) is 7.02. The molecule has 2 rings (SSSR count). The van der Waals surface area contributed by atoms with E-state index in [4.69, 9.17) is 9.47 Å². The van der Waals surface area contributed by atoms with Crippen LogP contribution >= 0.6 is 15.9 Å². The molecule has 0 unspecified atom stereocenters. The number of nitrogens with one attached hydrogen (secondary N) is 2. The van der Waals surface area contributed by atoms with Crippen LogP contribution in [0.5, 0.6) is 11.5 Å². The van der Waals surface area contributed by atoms with Crippen molar-refractivity contribution < 1.29 is 19.1 Å². The molecule has 6 nitrogen and oxygen atoms in total. The maximum absolute atomic E-state index is 12.2. The zero-order valence-corrected chi connectivity index (χ0v) is 18.1. The van der Waals surface area contributed by atoms with Gasteiger partial charge in [-0.05, 0) is 65.0 Å². The van der Waals surface area contributed by atoms with Gasteiger partial charge in [0, 0.05) is 5.56 Å². The Bertz CT molecular complexity index is 832. The second-order valence-corrected chi connectivity index (χ2v) is 7.72. The lowest BCUT2D eigenvalue weighted by atomic mass is 10.1. The molecule has 7 heteroatoms. The van der Waals surface area contributed by atoms with Crippen LogP contribution in [0, 0.1) is 19.8 Å². The third-order valence-corrected chi connectivity index (χ3v) is 4.46. The van der Waals surface area contributed by atoms with E-state index in [-0.39, 0.29) is 6.61 Å². The first-order valence-electron chi connectivity index (χ1n) is 8.98. The van der Waals surface area contributed by atoms with Gasteiger partial charge in [-0.2, -0.15) is 0 Å². The summed E-state index contributed by atoms with van der Waals surface area (Å²) < 4.78 is 11.9. The fourth-order valence-electron chi connectivity index (χ4n) is 2.41. The number of hydrogen-bond acceptors (Lipinski definition) is 4. The Morgan fingerprint density at radius 3 is 2.32 bits per heavy atom. The second-order valence-electron chi connectivity index (χ2n) is 6.86. The molecule has 0 fully saturated rings. The molecule has 0 spiro atoms. The number of carbonyl (C=O) groups excluding carboxylic acids is 2. The number of hydrazine groups is 1. The van der Waals surface area contributed by atoms with Crippen LogP contribution in [-0.4, -0.2) is 25.0 Å². The molecule has 0 saturated carbocycles. The molecule has 28 heavy (non-hydrogen) atoms. The Balaban J connectivity index is 1.86. The molecule has 0 heterocycles. The number of halogens is 1. The fourth-order valence-corrected chi connectivity index (χ4v) is 2.91. The maximum Gasteiger partial charge on any atom is 0.276 e.